The second-order valence-electron chi connectivity index (χ2n) is 4.87. The Morgan fingerprint density at radius 1 is 1.63 bits per heavy atom. The molecule has 1 rings (SSSR count). The molecule has 1 fully saturated rings. The number of rotatable bonds is 8. The molecule has 0 aromatic heterocycles. The fourth-order valence-electron chi connectivity index (χ4n) is 2.12. The lowest BCUT2D eigenvalue weighted by Crippen LogP contribution is -2.49. The Morgan fingerprint density at radius 3 is 3.11 bits per heavy atom. The van der Waals surface area contributed by atoms with E-state index < -0.39 is 6.04 Å². The van der Waals surface area contributed by atoms with Gasteiger partial charge in [0.1, 0.15) is 0 Å². The number of carbonyl (C=O) groups excluding carboxylic acids is 1. The van der Waals surface area contributed by atoms with Gasteiger partial charge in [-0.1, -0.05) is 6.92 Å². The van der Waals surface area contributed by atoms with Gasteiger partial charge in [-0.25, -0.2) is 0 Å². The van der Waals surface area contributed by atoms with Crippen molar-refractivity contribution in [1.82, 2.24) is 10.2 Å². The Labute approximate surface area is 115 Å². The molecule has 1 aliphatic heterocycles. The molecular formula is C13H27N3O3. The normalized spacial score (nSPS) is 22.2. The molecule has 19 heavy (non-hydrogen) atoms. The predicted octanol–water partition coefficient (Wildman–Crippen LogP) is -0.423. The summed E-state index contributed by atoms with van der Waals surface area (Å²) in [5.41, 5.74) is 5.81. The molecule has 6 nitrogen and oxygen atoms in total. The van der Waals surface area contributed by atoms with Crippen LogP contribution in [0.3, 0.4) is 0 Å². The number of methoxy groups -OCH3 is 1. The lowest BCUT2D eigenvalue weighted by atomic mass is 10.1. The predicted molar refractivity (Wildman–Crippen MR) is 73.9 cm³/mol. The summed E-state index contributed by atoms with van der Waals surface area (Å²) < 4.78 is 10.6. The van der Waals surface area contributed by atoms with E-state index in [9.17, 15) is 4.79 Å². The van der Waals surface area contributed by atoms with Crippen molar-refractivity contribution in [2.24, 2.45) is 5.73 Å². The molecule has 0 radical (unpaired) electrons. The number of nitrogens with two attached hydrogens (primary N) is 1. The van der Waals surface area contributed by atoms with E-state index in [1.54, 1.807) is 7.11 Å². The molecular weight excluding hydrogens is 246 g/mol. The van der Waals surface area contributed by atoms with E-state index in [2.05, 4.69) is 17.1 Å². The topological polar surface area (TPSA) is 76.8 Å². The van der Waals surface area contributed by atoms with Crippen LogP contribution in [-0.2, 0) is 14.3 Å². The fourth-order valence-corrected chi connectivity index (χ4v) is 2.12. The summed E-state index contributed by atoms with van der Waals surface area (Å²) >= 11 is 0. The number of morpholine rings is 1. The van der Waals surface area contributed by atoms with Crippen molar-refractivity contribution >= 4 is 5.91 Å². The molecule has 1 amide bonds. The van der Waals surface area contributed by atoms with Crippen LogP contribution in [0, 0.1) is 0 Å². The van der Waals surface area contributed by atoms with Gasteiger partial charge < -0.3 is 20.5 Å². The Morgan fingerprint density at radius 2 is 2.42 bits per heavy atom. The number of hydrogen-bond donors (Lipinski definition) is 2. The zero-order chi connectivity index (χ0) is 14.1. The van der Waals surface area contributed by atoms with Crippen molar-refractivity contribution in [2.75, 3.05) is 46.5 Å². The molecule has 0 bridgehead atoms. The van der Waals surface area contributed by atoms with Crippen LogP contribution in [0.1, 0.15) is 19.8 Å². The van der Waals surface area contributed by atoms with Crippen LogP contribution in [-0.4, -0.2) is 69.5 Å². The Bertz CT molecular complexity index is 264. The van der Waals surface area contributed by atoms with Crippen LogP contribution < -0.4 is 11.1 Å². The van der Waals surface area contributed by atoms with Gasteiger partial charge in [0.2, 0.25) is 5.91 Å². The first-order valence-corrected chi connectivity index (χ1v) is 7.03. The summed E-state index contributed by atoms with van der Waals surface area (Å²) in [6.07, 6.45) is 1.52. The first kappa shape index (κ1) is 16.4. The van der Waals surface area contributed by atoms with E-state index in [1.807, 2.05) is 0 Å². The highest BCUT2D eigenvalue weighted by Crippen LogP contribution is 2.04. The maximum atomic E-state index is 11.8. The molecule has 6 heteroatoms. The van der Waals surface area contributed by atoms with E-state index in [1.165, 1.54) is 0 Å². The summed E-state index contributed by atoms with van der Waals surface area (Å²) in [6.45, 7) is 6.89. The number of nitrogens with zero attached hydrogens (tertiary/aromatic N) is 1. The number of carbonyl (C=O) groups is 1. The van der Waals surface area contributed by atoms with Gasteiger partial charge in [-0.3, -0.25) is 9.69 Å². The van der Waals surface area contributed by atoms with E-state index in [-0.39, 0.29) is 12.0 Å². The lowest BCUT2D eigenvalue weighted by Gasteiger charge is -2.32. The summed E-state index contributed by atoms with van der Waals surface area (Å²) in [5.74, 6) is -0.103. The highest BCUT2D eigenvalue weighted by atomic mass is 16.5. The number of ether oxygens (including phenoxy) is 2. The number of amides is 1. The molecule has 1 saturated heterocycles. The molecule has 2 atom stereocenters. The second-order valence-corrected chi connectivity index (χ2v) is 4.87. The largest absolute Gasteiger partial charge is 0.385 e. The quantitative estimate of drug-likeness (QED) is 0.587. The lowest BCUT2D eigenvalue weighted by molar-refractivity contribution is -0.123. The molecule has 0 aliphatic carbocycles. The maximum absolute atomic E-state index is 11.8. The van der Waals surface area contributed by atoms with E-state index >= 15 is 0 Å². The van der Waals surface area contributed by atoms with Crippen molar-refractivity contribution in [3.8, 4) is 0 Å². The number of likely N-dealkylation sites (N-methyl/N-ethyl adjacent to an activating group) is 1. The average molecular weight is 273 g/mol. The van der Waals surface area contributed by atoms with Crippen molar-refractivity contribution in [2.45, 2.75) is 31.9 Å². The average Bonchev–Trinajstić information content (AvgIpc) is 2.45. The van der Waals surface area contributed by atoms with Crippen LogP contribution in [0.15, 0.2) is 0 Å². The Kier molecular flexibility index (Phi) is 7.97. The molecule has 0 saturated carbocycles. The van der Waals surface area contributed by atoms with Crippen LogP contribution in [0.4, 0.5) is 0 Å². The summed E-state index contributed by atoms with van der Waals surface area (Å²) in [6, 6.07) is -0.457. The minimum atomic E-state index is -0.457. The van der Waals surface area contributed by atoms with Gasteiger partial charge >= 0.3 is 0 Å². The van der Waals surface area contributed by atoms with Crippen LogP contribution in [0.5, 0.6) is 0 Å². The third kappa shape index (κ3) is 6.33. The van der Waals surface area contributed by atoms with Crippen LogP contribution in [0.2, 0.25) is 0 Å². The minimum absolute atomic E-state index is 0.0730. The SMILES string of the molecule is CCN1CCOC(CNC(=O)C(N)CCCOC)C1. The van der Waals surface area contributed by atoms with Gasteiger partial charge in [-0.15, -0.1) is 0 Å². The Hall–Kier alpha value is -0.690. The van der Waals surface area contributed by atoms with Gasteiger partial charge in [0.15, 0.2) is 0 Å². The highest BCUT2D eigenvalue weighted by molar-refractivity contribution is 5.81. The van der Waals surface area contributed by atoms with Gasteiger partial charge in [-0.2, -0.15) is 0 Å². The summed E-state index contributed by atoms with van der Waals surface area (Å²) in [5, 5.41) is 2.87. The van der Waals surface area contributed by atoms with E-state index in [4.69, 9.17) is 15.2 Å². The minimum Gasteiger partial charge on any atom is -0.385 e. The standard InChI is InChI=1S/C13H27N3O3/c1-3-16-6-8-19-11(10-16)9-15-13(17)12(14)5-4-7-18-2/h11-12H,3-10,14H2,1-2H3,(H,15,17). The van der Waals surface area contributed by atoms with E-state index in [0.717, 1.165) is 32.7 Å². The first-order chi connectivity index (χ1) is 9.17. The van der Waals surface area contributed by atoms with Gasteiger partial charge in [0, 0.05) is 33.4 Å². The monoisotopic (exact) mass is 273 g/mol. The molecule has 2 unspecified atom stereocenters. The number of hydrogen-bond acceptors (Lipinski definition) is 5. The second kappa shape index (κ2) is 9.25. The van der Waals surface area contributed by atoms with Gasteiger partial charge in [-0.05, 0) is 19.4 Å². The smallest absolute Gasteiger partial charge is 0.237 e. The maximum Gasteiger partial charge on any atom is 0.237 e. The first-order valence-electron chi connectivity index (χ1n) is 7.03. The molecule has 1 aliphatic rings. The molecule has 1 heterocycles. The molecule has 0 aromatic carbocycles. The molecule has 112 valence electrons. The summed E-state index contributed by atoms with van der Waals surface area (Å²) in [4.78, 5) is 14.1. The fraction of sp³-hybridized carbons (Fsp3) is 0.923. The van der Waals surface area contributed by atoms with E-state index in [0.29, 0.717) is 19.6 Å². The zero-order valence-electron chi connectivity index (χ0n) is 12.1. The third-order valence-corrected chi connectivity index (χ3v) is 3.37. The van der Waals surface area contributed by atoms with Crippen molar-refractivity contribution in [3.63, 3.8) is 0 Å². The van der Waals surface area contributed by atoms with Crippen molar-refractivity contribution in [3.05, 3.63) is 0 Å². The van der Waals surface area contributed by atoms with Gasteiger partial charge in [0.05, 0.1) is 18.8 Å². The van der Waals surface area contributed by atoms with Crippen LogP contribution in [0.25, 0.3) is 0 Å². The van der Waals surface area contributed by atoms with Crippen LogP contribution >= 0.6 is 0 Å². The Balaban J connectivity index is 2.18. The number of nitrogens with one attached hydrogen (secondary N) is 1. The third-order valence-electron chi connectivity index (χ3n) is 3.37. The highest BCUT2D eigenvalue weighted by Gasteiger charge is 2.21. The zero-order valence-corrected chi connectivity index (χ0v) is 12.1. The van der Waals surface area contributed by atoms with Crippen molar-refractivity contribution in [1.29, 1.82) is 0 Å². The van der Waals surface area contributed by atoms with Crippen molar-refractivity contribution < 1.29 is 14.3 Å². The molecule has 0 spiro atoms. The molecule has 3 N–H and O–H groups in total. The summed E-state index contributed by atoms with van der Waals surface area (Å²) in [7, 11) is 1.64. The van der Waals surface area contributed by atoms with Gasteiger partial charge in [0.25, 0.3) is 0 Å². The molecule has 0 aromatic rings.